The second kappa shape index (κ2) is 4.14. The molecular weight excluding hydrogens is 132 g/mol. The smallest absolute Gasteiger partial charge is 0.0572 e. The van der Waals surface area contributed by atoms with Crippen LogP contribution in [0.5, 0.6) is 0 Å². The van der Waals surface area contributed by atoms with Crippen molar-refractivity contribution in [3.8, 4) is 0 Å². The van der Waals surface area contributed by atoms with Crippen molar-refractivity contribution < 1.29 is 0 Å². The molecule has 2 nitrogen and oxygen atoms in total. The highest BCUT2D eigenvalue weighted by molar-refractivity contribution is 7.80. The predicted molar refractivity (Wildman–Crippen MR) is 41.5 cm³/mol. The van der Waals surface area contributed by atoms with E-state index in [4.69, 9.17) is 12.6 Å². The second-order valence-electron chi connectivity index (χ2n) is 2.31. The molecule has 0 aliphatic carbocycles. The Kier molecular flexibility index (Phi) is 3.40. The Labute approximate surface area is 61.8 Å². The van der Waals surface area contributed by atoms with Crippen molar-refractivity contribution in [3.05, 3.63) is 0 Å². The summed E-state index contributed by atoms with van der Waals surface area (Å²) in [6.45, 7) is 2.23. The molecule has 0 aromatic rings. The Morgan fingerprint density at radius 1 is 1.33 bits per heavy atom. The molecule has 3 heteroatoms. The van der Waals surface area contributed by atoms with Gasteiger partial charge in [-0.05, 0) is 12.8 Å². The molecule has 0 aromatic carbocycles. The maximum atomic E-state index is 4.83. The van der Waals surface area contributed by atoms with Crippen molar-refractivity contribution in [3.63, 3.8) is 0 Å². The van der Waals surface area contributed by atoms with Gasteiger partial charge < -0.3 is 10.6 Å². The van der Waals surface area contributed by atoms with Gasteiger partial charge in [-0.3, -0.25) is 0 Å². The number of rotatable bonds is 3. The average Bonchev–Trinajstić information content (AvgIpc) is 2.34. The molecule has 2 N–H and O–H groups in total. The monoisotopic (exact) mass is 145 g/mol. The van der Waals surface area contributed by atoms with Crippen LogP contribution in [0.15, 0.2) is 0 Å². The van der Waals surface area contributed by atoms with Gasteiger partial charge in [0.15, 0.2) is 0 Å². The van der Waals surface area contributed by atoms with Crippen LogP contribution >= 0.6 is 12.6 Å². The fourth-order valence-corrected chi connectivity index (χ4v) is 1.22. The lowest BCUT2D eigenvalue weighted by molar-refractivity contribution is 0.509. The highest BCUT2D eigenvalue weighted by atomic mass is 32.1. The van der Waals surface area contributed by atoms with E-state index in [2.05, 4.69) is 10.6 Å². The molecule has 1 fully saturated rings. The minimum atomic E-state index is 0.549. The molecule has 0 atom stereocenters. The molecule has 0 bridgehead atoms. The van der Waals surface area contributed by atoms with E-state index in [1.807, 2.05) is 0 Å². The Balaban J connectivity index is 1.98. The molecule has 1 aliphatic heterocycles. The van der Waals surface area contributed by atoms with Crippen molar-refractivity contribution >= 4 is 12.6 Å². The van der Waals surface area contributed by atoms with E-state index >= 15 is 0 Å². The van der Waals surface area contributed by atoms with Gasteiger partial charge in [0.1, 0.15) is 0 Å². The summed E-state index contributed by atoms with van der Waals surface area (Å²) in [5.41, 5.74) is 0. The van der Waals surface area contributed by atoms with Crippen LogP contribution in [0.4, 0.5) is 0 Å². The van der Waals surface area contributed by atoms with Gasteiger partial charge in [0.25, 0.3) is 0 Å². The number of hydrogen-bond acceptors (Lipinski definition) is 2. The summed E-state index contributed by atoms with van der Waals surface area (Å²) >= 11 is 4.83. The highest BCUT2D eigenvalue weighted by Crippen LogP contribution is 1.97. The van der Waals surface area contributed by atoms with Gasteiger partial charge in [-0.2, -0.15) is 0 Å². The third-order valence-electron chi connectivity index (χ3n) is 1.54. The summed E-state index contributed by atoms with van der Waals surface area (Å²) in [7, 11) is 0. The van der Waals surface area contributed by atoms with Crippen molar-refractivity contribution in [2.75, 3.05) is 18.8 Å². The van der Waals surface area contributed by atoms with Gasteiger partial charge in [0, 0.05) is 18.8 Å². The van der Waals surface area contributed by atoms with Crippen molar-refractivity contribution in [2.45, 2.75) is 19.0 Å². The zero-order valence-electron chi connectivity index (χ0n) is 5.52. The summed E-state index contributed by atoms with van der Waals surface area (Å²) in [6.07, 6.45) is 2.89. The molecule has 1 saturated heterocycles. The molecule has 0 saturated carbocycles. The topological polar surface area (TPSA) is 24.1 Å². The fourth-order valence-electron chi connectivity index (χ4n) is 1.06. The van der Waals surface area contributed by atoms with Crippen LogP contribution in [0.2, 0.25) is 0 Å². The zero-order valence-corrected chi connectivity index (χ0v) is 6.34. The van der Waals surface area contributed by atoms with Crippen LogP contribution in [-0.4, -0.2) is 25.0 Å². The van der Waals surface area contributed by atoms with E-state index in [0.29, 0.717) is 6.17 Å². The Morgan fingerprint density at radius 3 is 2.56 bits per heavy atom. The lowest BCUT2D eigenvalue weighted by Gasteiger charge is -2.07. The fraction of sp³-hybridized carbons (Fsp3) is 1.00. The van der Waals surface area contributed by atoms with E-state index in [0.717, 1.165) is 25.3 Å². The van der Waals surface area contributed by atoms with Gasteiger partial charge in [-0.15, -0.1) is 0 Å². The zero-order chi connectivity index (χ0) is 6.53. The van der Waals surface area contributed by atoms with Crippen LogP contribution in [0.25, 0.3) is 0 Å². The normalized spacial score (nSPS) is 21.0. The quantitative estimate of drug-likeness (QED) is 0.603. The second-order valence-corrected chi connectivity index (χ2v) is 2.72. The summed E-state index contributed by atoms with van der Waals surface area (Å²) in [5, 5.41) is 6.67. The van der Waals surface area contributed by atoms with Crippen molar-refractivity contribution in [1.82, 2.24) is 10.6 Å². The molecule has 1 radical (unpaired) electrons. The van der Waals surface area contributed by atoms with Crippen LogP contribution in [-0.2, 0) is 0 Å². The van der Waals surface area contributed by atoms with Gasteiger partial charge in [0.2, 0.25) is 0 Å². The van der Waals surface area contributed by atoms with E-state index < -0.39 is 0 Å². The third-order valence-corrected chi connectivity index (χ3v) is 1.83. The van der Waals surface area contributed by atoms with Crippen LogP contribution < -0.4 is 10.6 Å². The van der Waals surface area contributed by atoms with E-state index in [1.165, 1.54) is 6.42 Å². The standard InChI is InChI=1S/C6H13N2S/c9-5-1-2-6-7-3-4-8-6/h6-8H,1-5H2. The van der Waals surface area contributed by atoms with Gasteiger partial charge in [-0.1, -0.05) is 12.6 Å². The average molecular weight is 145 g/mol. The summed E-state index contributed by atoms with van der Waals surface area (Å²) in [5.74, 6) is 0.889. The van der Waals surface area contributed by atoms with Crippen LogP contribution in [0.1, 0.15) is 12.8 Å². The van der Waals surface area contributed by atoms with Crippen LogP contribution in [0.3, 0.4) is 0 Å². The first-order valence-electron chi connectivity index (χ1n) is 3.48. The molecule has 0 unspecified atom stereocenters. The van der Waals surface area contributed by atoms with Crippen molar-refractivity contribution in [1.29, 1.82) is 0 Å². The summed E-state index contributed by atoms with van der Waals surface area (Å²) in [6, 6.07) is 0. The minimum Gasteiger partial charge on any atom is -0.301 e. The van der Waals surface area contributed by atoms with E-state index in [-0.39, 0.29) is 0 Å². The predicted octanol–water partition coefficient (Wildman–Crippen LogP) is 0.483. The number of hydrogen-bond donors (Lipinski definition) is 2. The Morgan fingerprint density at radius 2 is 2.00 bits per heavy atom. The summed E-state index contributed by atoms with van der Waals surface area (Å²) in [4.78, 5) is 0. The molecule has 1 rings (SSSR count). The minimum absolute atomic E-state index is 0.549. The first kappa shape index (κ1) is 7.38. The van der Waals surface area contributed by atoms with Crippen LogP contribution in [0, 0.1) is 0 Å². The Hall–Kier alpha value is 0.270. The first-order chi connectivity index (χ1) is 4.43. The maximum Gasteiger partial charge on any atom is 0.0572 e. The molecule has 0 aromatic heterocycles. The van der Waals surface area contributed by atoms with Gasteiger partial charge >= 0.3 is 0 Å². The van der Waals surface area contributed by atoms with E-state index in [9.17, 15) is 0 Å². The SMILES string of the molecule is [S]CCCC1NCCN1. The lowest BCUT2D eigenvalue weighted by atomic mass is 10.3. The molecular formula is C6H13N2S. The van der Waals surface area contributed by atoms with Gasteiger partial charge in [-0.25, -0.2) is 0 Å². The maximum absolute atomic E-state index is 4.83. The lowest BCUT2D eigenvalue weighted by Crippen LogP contribution is -2.30. The molecule has 0 spiro atoms. The number of nitrogens with one attached hydrogen (secondary N) is 2. The first-order valence-corrected chi connectivity index (χ1v) is 4.06. The molecule has 53 valence electrons. The molecule has 9 heavy (non-hydrogen) atoms. The molecule has 0 amide bonds. The highest BCUT2D eigenvalue weighted by Gasteiger charge is 2.10. The molecule has 1 heterocycles. The third kappa shape index (κ3) is 2.56. The summed E-state index contributed by atoms with van der Waals surface area (Å²) < 4.78 is 0. The Bertz CT molecular complexity index is 71.5. The van der Waals surface area contributed by atoms with E-state index in [1.54, 1.807) is 0 Å². The van der Waals surface area contributed by atoms with Crippen molar-refractivity contribution in [2.24, 2.45) is 0 Å². The van der Waals surface area contributed by atoms with Gasteiger partial charge in [0.05, 0.1) is 6.17 Å². The largest absolute Gasteiger partial charge is 0.301 e. The molecule has 1 aliphatic rings.